The van der Waals surface area contributed by atoms with Crippen molar-refractivity contribution in [3.8, 4) is 5.75 Å². The molecule has 96 valence electrons. The van der Waals surface area contributed by atoms with Crippen molar-refractivity contribution >= 4 is 11.7 Å². The molecular weight excluding hydrogens is 230 g/mol. The summed E-state index contributed by atoms with van der Waals surface area (Å²) in [5, 5.41) is 0. The number of carbonyl (C=O) groups excluding carboxylic acids is 2. The van der Waals surface area contributed by atoms with Crippen LogP contribution in [0.3, 0.4) is 0 Å². The summed E-state index contributed by atoms with van der Waals surface area (Å²) < 4.78 is 5.30. The van der Waals surface area contributed by atoms with Gasteiger partial charge in [0, 0.05) is 44.0 Å². The molecule has 0 aromatic heterocycles. The highest BCUT2D eigenvalue weighted by Gasteiger charge is 2.33. The van der Waals surface area contributed by atoms with E-state index in [-0.39, 0.29) is 17.6 Å². The van der Waals surface area contributed by atoms with Gasteiger partial charge in [-0.05, 0) is 6.07 Å². The molecule has 1 amide bonds. The number of Topliss-reactive ketones (excluding diaryl/α,β-unsaturated/α-hetero) is 1. The van der Waals surface area contributed by atoms with Crippen LogP contribution in [0.5, 0.6) is 5.75 Å². The van der Waals surface area contributed by atoms with E-state index in [0.717, 1.165) is 5.56 Å². The van der Waals surface area contributed by atoms with E-state index in [0.29, 0.717) is 24.2 Å². The summed E-state index contributed by atoms with van der Waals surface area (Å²) in [4.78, 5) is 25.3. The lowest BCUT2D eigenvalue weighted by Gasteiger charge is -2.16. The second-order valence-corrected chi connectivity index (χ2v) is 4.74. The van der Waals surface area contributed by atoms with E-state index in [9.17, 15) is 9.59 Å². The van der Waals surface area contributed by atoms with Crippen LogP contribution in [-0.2, 0) is 4.79 Å². The molecule has 1 aliphatic carbocycles. The maximum absolute atomic E-state index is 11.9. The van der Waals surface area contributed by atoms with Gasteiger partial charge in [-0.15, -0.1) is 0 Å². The molecule has 0 bridgehead atoms. The Balaban J connectivity index is 2.34. The van der Waals surface area contributed by atoms with Crippen LogP contribution in [0.2, 0.25) is 0 Å². The topological polar surface area (TPSA) is 46.6 Å². The molecule has 18 heavy (non-hydrogen) atoms. The van der Waals surface area contributed by atoms with Crippen LogP contribution in [0, 0.1) is 0 Å². The Kier molecular flexibility index (Phi) is 3.36. The number of fused-ring (bicyclic) bond motifs is 1. The molecule has 1 aliphatic rings. The first-order valence-corrected chi connectivity index (χ1v) is 5.94. The van der Waals surface area contributed by atoms with Gasteiger partial charge >= 0.3 is 0 Å². The van der Waals surface area contributed by atoms with Crippen molar-refractivity contribution in [1.82, 2.24) is 4.90 Å². The van der Waals surface area contributed by atoms with Gasteiger partial charge in [0.2, 0.25) is 5.91 Å². The van der Waals surface area contributed by atoms with E-state index < -0.39 is 0 Å². The second kappa shape index (κ2) is 4.80. The average molecular weight is 247 g/mol. The Morgan fingerprint density at radius 3 is 2.78 bits per heavy atom. The second-order valence-electron chi connectivity index (χ2n) is 4.74. The van der Waals surface area contributed by atoms with E-state index in [1.807, 2.05) is 12.1 Å². The summed E-state index contributed by atoms with van der Waals surface area (Å²) in [6, 6.07) is 5.45. The Morgan fingerprint density at radius 1 is 1.44 bits per heavy atom. The molecule has 0 saturated carbocycles. The van der Waals surface area contributed by atoms with Crippen LogP contribution in [0.4, 0.5) is 0 Å². The Hall–Kier alpha value is -1.84. The molecule has 2 rings (SSSR count). The fourth-order valence-electron chi connectivity index (χ4n) is 2.39. The predicted octanol–water partition coefficient (Wildman–Crippen LogP) is 1.84. The lowest BCUT2D eigenvalue weighted by molar-refractivity contribution is -0.129. The lowest BCUT2D eigenvalue weighted by atomic mass is 9.96. The minimum Gasteiger partial charge on any atom is -0.496 e. The van der Waals surface area contributed by atoms with Gasteiger partial charge in [0.15, 0.2) is 5.78 Å². The van der Waals surface area contributed by atoms with Crippen molar-refractivity contribution in [3.63, 3.8) is 0 Å². The summed E-state index contributed by atoms with van der Waals surface area (Å²) in [6.07, 6.45) is 0.751. The van der Waals surface area contributed by atoms with Crippen LogP contribution in [0.1, 0.15) is 34.7 Å². The van der Waals surface area contributed by atoms with Crippen molar-refractivity contribution < 1.29 is 14.3 Å². The smallest absolute Gasteiger partial charge is 0.222 e. The Labute approximate surface area is 107 Å². The summed E-state index contributed by atoms with van der Waals surface area (Å²) in [5.41, 5.74) is 1.59. The van der Waals surface area contributed by atoms with Crippen LogP contribution in [-0.4, -0.2) is 37.8 Å². The fraction of sp³-hybridized carbons (Fsp3) is 0.429. The monoisotopic (exact) mass is 247 g/mol. The van der Waals surface area contributed by atoms with E-state index in [1.54, 1.807) is 32.2 Å². The van der Waals surface area contributed by atoms with Gasteiger partial charge < -0.3 is 9.64 Å². The summed E-state index contributed by atoms with van der Waals surface area (Å²) in [6.45, 7) is 0. The fourth-order valence-corrected chi connectivity index (χ4v) is 2.39. The molecule has 4 heteroatoms. The van der Waals surface area contributed by atoms with Gasteiger partial charge in [0.25, 0.3) is 0 Å². The normalized spacial score (nSPS) is 17.5. The van der Waals surface area contributed by atoms with Gasteiger partial charge in [-0.3, -0.25) is 9.59 Å². The van der Waals surface area contributed by atoms with E-state index in [4.69, 9.17) is 4.74 Å². The van der Waals surface area contributed by atoms with Crippen LogP contribution >= 0.6 is 0 Å². The highest BCUT2D eigenvalue weighted by molar-refractivity contribution is 6.02. The number of amides is 1. The quantitative estimate of drug-likeness (QED) is 0.818. The molecule has 1 aromatic carbocycles. The number of nitrogens with zero attached hydrogens (tertiary/aromatic N) is 1. The number of hydrogen-bond acceptors (Lipinski definition) is 3. The number of benzene rings is 1. The first kappa shape index (κ1) is 12.6. The van der Waals surface area contributed by atoms with Crippen molar-refractivity contribution in [2.75, 3.05) is 21.2 Å². The number of ether oxygens (including phenoxy) is 1. The largest absolute Gasteiger partial charge is 0.496 e. The van der Waals surface area contributed by atoms with Crippen LogP contribution < -0.4 is 4.74 Å². The molecule has 0 fully saturated rings. The minimum atomic E-state index is -0.0569. The van der Waals surface area contributed by atoms with Crippen LogP contribution in [0.15, 0.2) is 18.2 Å². The minimum absolute atomic E-state index is 0.0338. The van der Waals surface area contributed by atoms with Gasteiger partial charge in [0.1, 0.15) is 5.75 Å². The third kappa shape index (κ3) is 2.10. The zero-order valence-corrected chi connectivity index (χ0v) is 10.9. The molecule has 0 N–H and O–H groups in total. The zero-order chi connectivity index (χ0) is 13.3. The SMILES string of the molecule is COc1cccc2c1C(CC(=O)N(C)C)CC2=O. The maximum Gasteiger partial charge on any atom is 0.222 e. The third-order valence-corrected chi connectivity index (χ3v) is 3.35. The van der Waals surface area contributed by atoms with Gasteiger partial charge in [-0.25, -0.2) is 0 Å². The van der Waals surface area contributed by atoms with Gasteiger partial charge in [-0.2, -0.15) is 0 Å². The predicted molar refractivity (Wildman–Crippen MR) is 68.0 cm³/mol. The third-order valence-electron chi connectivity index (χ3n) is 3.35. The highest BCUT2D eigenvalue weighted by Crippen LogP contribution is 2.41. The molecule has 4 nitrogen and oxygen atoms in total. The van der Waals surface area contributed by atoms with E-state index in [2.05, 4.69) is 0 Å². The van der Waals surface area contributed by atoms with Crippen molar-refractivity contribution in [2.45, 2.75) is 18.8 Å². The number of rotatable bonds is 3. The molecule has 0 saturated heterocycles. The molecular formula is C14H17NO3. The summed E-state index contributed by atoms with van der Waals surface area (Å²) in [5.74, 6) is 0.778. The average Bonchev–Trinajstić information content (AvgIpc) is 2.66. The first-order chi connectivity index (χ1) is 8.54. The molecule has 0 aliphatic heterocycles. The van der Waals surface area contributed by atoms with Gasteiger partial charge in [0.05, 0.1) is 7.11 Å². The molecule has 1 atom stereocenters. The zero-order valence-electron chi connectivity index (χ0n) is 10.9. The standard InChI is InChI=1S/C14H17NO3/c1-15(2)13(17)8-9-7-11(16)10-5-4-6-12(18-3)14(9)10/h4-6,9H,7-8H2,1-3H3. The number of ketones is 1. The van der Waals surface area contributed by atoms with Crippen LogP contribution in [0.25, 0.3) is 0 Å². The van der Waals surface area contributed by atoms with Crippen molar-refractivity contribution in [2.24, 2.45) is 0 Å². The van der Waals surface area contributed by atoms with E-state index in [1.165, 1.54) is 0 Å². The Bertz CT molecular complexity index is 494. The number of hydrogen-bond donors (Lipinski definition) is 0. The first-order valence-electron chi connectivity index (χ1n) is 5.94. The molecule has 1 unspecified atom stereocenters. The van der Waals surface area contributed by atoms with E-state index >= 15 is 0 Å². The lowest BCUT2D eigenvalue weighted by Crippen LogP contribution is -2.23. The van der Waals surface area contributed by atoms with Crippen molar-refractivity contribution in [3.05, 3.63) is 29.3 Å². The van der Waals surface area contributed by atoms with Gasteiger partial charge in [-0.1, -0.05) is 12.1 Å². The molecule has 0 heterocycles. The molecule has 0 spiro atoms. The molecule has 1 aromatic rings. The highest BCUT2D eigenvalue weighted by atomic mass is 16.5. The number of carbonyl (C=O) groups is 2. The summed E-state index contributed by atoms with van der Waals surface area (Å²) in [7, 11) is 5.04. The maximum atomic E-state index is 11.9. The number of methoxy groups -OCH3 is 1. The summed E-state index contributed by atoms with van der Waals surface area (Å²) >= 11 is 0. The van der Waals surface area contributed by atoms with Crippen molar-refractivity contribution in [1.29, 1.82) is 0 Å². The molecule has 0 radical (unpaired) electrons. The Morgan fingerprint density at radius 2 is 2.17 bits per heavy atom.